The van der Waals surface area contributed by atoms with Crippen molar-refractivity contribution in [3.63, 3.8) is 0 Å². The van der Waals surface area contributed by atoms with Gasteiger partial charge in [-0.1, -0.05) is 0 Å². The average Bonchev–Trinajstić information content (AvgIpc) is 2.97. The molecule has 106 valence electrons. The number of anilines is 1. The summed E-state index contributed by atoms with van der Waals surface area (Å²) in [5.41, 5.74) is 0.232. The van der Waals surface area contributed by atoms with Crippen LogP contribution in [0.1, 0.15) is 5.69 Å². The molecular formula is C15H15N5O. The van der Waals surface area contributed by atoms with Crippen molar-refractivity contribution in [2.24, 2.45) is 0 Å². The minimum absolute atomic E-state index is 0.570. The van der Waals surface area contributed by atoms with Crippen LogP contribution in [0.25, 0.3) is 10.8 Å². The van der Waals surface area contributed by atoms with Crippen LogP contribution in [-0.4, -0.2) is 44.0 Å². The van der Waals surface area contributed by atoms with Gasteiger partial charge in [0.1, 0.15) is 11.4 Å². The largest absolute Gasteiger partial charge is 0.386 e. The fourth-order valence-corrected chi connectivity index (χ4v) is 2.92. The number of aliphatic hydroxyl groups is 1. The second-order valence-corrected chi connectivity index (χ2v) is 5.57. The highest BCUT2D eigenvalue weighted by atomic mass is 16.3. The number of nitrogens with zero attached hydrogens (tertiary/aromatic N) is 4. The molecule has 21 heavy (non-hydrogen) atoms. The summed E-state index contributed by atoms with van der Waals surface area (Å²) in [7, 11) is 0. The van der Waals surface area contributed by atoms with E-state index in [-0.39, 0.29) is 0 Å². The molecule has 6 heteroatoms. The standard InChI is InChI=1S/C15H15N5O/c21-15(7-12-2-6-18-19-12)9-20(10-15)14-13-3-4-16-8-11(13)1-5-17-14/h1-6,8,21H,7,9-10H2,(H,18,19). The van der Waals surface area contributed by atoms with Crippen LogP contribution in [0.3, 0.4) is 0 Å². The SMILES string of the molecule is OC1(Cc2ccn[nH]2)CN(c2nccc3cnccc23)C1. The summed E-state index contributed by atoms with van der Waals surface area (Å²) < 4.78 is 0. The van der Waals surface area contributed by atoms with E-state index in [4.69, 9.17) is 0 Å². The van der Waals surface area contributed by atoms with Crippen molar-refractivity contribution in [2.45, 2.75) is 12.0 Å². The molecule has 0 bridgehead atoms. The molecule has 0 aliphatic carbocycles. The monoisotopic (exact) mass is 281 g/mol. The van der Waals surface area contributed by atoms with Crippen molar-refractivity contribution >= 4 is 16.6 Å². The number of aromatic amines is 1. The highest BCUT2D eigenvalue weighted by Gasteiger charge is 2.42. The third-order valence-electron chi connectivity index (χ3n) is 3.89. The van der Waals surface area contributed by atoms with Gasteiger partial charge in [0.15, 0.2) is 0 Å². The summed E-state index contributed by atoms with van der Waals surface area (Å²) in [6.45, 7) is 1.14. The molecule has 0 spiro atoms. The lowest BCUT2D eigenvalue weighted by Gasteiger charge is -2.47. The van der Waals surface area contributed by atoms with Gasteiger partial charge in [-0.25, -0.2) is 4.98 Å². The third kappa shape index (κ3) is 2.13. The number of nitrogens with one attached hydrogen (secondary N) is 1. The molecule has 4 heterocycles. The second kappa shape index (κ2) is 4.53. The molecule has 2 N–H and O–H groups in total. The van der Waals surface area contributed by atoms with Crippen LogP contribution in [0.2, 0.25) is 0 Å². The first-order valence-corrected chi connectivity index (χ1v) is 6.88. The van der Waals surface area contributed by atoms with Crippen molar-refractivity contribution < 1.29 is 5.11 Å². The number of pyridine rings is 2. The van der Waals surface area contributed by atoms with E-state index in [1.54, 1.807) is 18.6 Å². The summed E-state index contributed by atoms with van der Waals surface area (Å²) in [6, 6.07) is 5.80. The summed E-state index contributed by atoms with van der Waals surface area (Å²) in [4.78, 5) is 10.7. The molecule has 0 saturated carbocycles. The number of hydrogen-bond donors (Lipinski definition) is 2. The Morgan fingerprint density at radius 3 is 2.90 bits per heavy atom. The summed E-state index contributed by atoms with van der Waals surface area (Å²) in [5, 5.41) is 19.5. The lowest BCUT2D eigenvalue weighted by atomic mass is 9.89. The van der Waals surface area contributed by atoms with Gasteiger partial charge in [0.2, 0.25) is 0 Å². The van der Waals surface area contributed by atoms with E-state index in [9.17, 15) is 5.11 Å². The first kappa shape index (κ1) is 12.3. The van der Waals surface area contributed by atoms with E-state index in [1.807, 2.05) is 24.4 Å². The first-order valence-electron chi connectivity index (χ1n) is 6.88. The van der Waals surface area contributed by atoms with Gasteiger partial charge in [-0.2, -0.15) is 5.10 Å². The van der Waals surface area contributed by atoms with Crippen molar-refractivity contribution in [2.75, 3.05) is 18.0 Å². The Bertz CT molecular complexity index is 759. The fraction of sp³-hybridized carbons (Fsp3) is 0.267. The number of fused-ring (bicyclic) bond motifs is 1. The summed E-state index contributed by atoms with van der Waals surface area (Å²) in [6.07, 6.45) is 7.66. The molecule has 0 amide bonds. The number of rotatable bonds is 3. The highest BCUT2D eigenvalue weighted by Crippen LogP contribution is 2.32. The normalized spacial score (nSPS) is 16.9. The molecular weight excluding hydrogens is 266 g/mol. The molecule has 1 fully saturated rings. The van der Waals surface area contributed by atoms with Crippen molar-refractivity contribution in [3.8, 4) is 0 Å². The zero-order valence-electron chi connectivity index (χ0n) is 11.4. The first-order chi connectivity index (χ1) is 10.2. The van der Waals surface area contributed by atoms with Crippen LogP contribution in [0, 0.1) is 0 Å². The molecule has 1 saturated heterocycles. The van der Waals surface area contributed by atoms with Crippen molar-refractivity contribution in [1.29, 1.82) is 0 Å². The fourth-order valence-electron chi connectivity index (χ4n) is 2.92. The van der Waals surface area contributed by atoms with Gasteiger partial charge in [0, 0.05) is 47.7 Å². The van der Waals surface area contributed by atoms with Crippen LogP contribution in [0.5, 0.6) is 0 Å². The molecule has 1 aliphatic rings. The van der Waals surface area contributed by atoms with Gasteiger partial charge in [0.25, 0.3) is 0 Å². The number of hydrogen-bond acceptors (Lipinski definition) is 5. The van der Waals surface area contributed by atoms with Crippen molar-refractivity contribution in [3.05, 3.63) is 48.7 Å². The lowest BCUT2D eigenvalue weighted by Crippen LogP contribution is -2.63. The third-order valence-corrected chi connectivity index (χ3v) is 3.89. The predicted molar refractivity (Wildman–Crippen MR) is 79.0 cm³/mol. The molecule has 6 nitrogen and oxygen atoms in total. The Balaban J connectivity index is 1.56. The molecule has 0 aromatic carbocycles. The van der Waals surface area contributed by atoms with Crippen LogP contribution >= 0.6 is 0 Å². The number of β-amino-alcohol motifs (C(OH)–C–C–N with tert-alkyl or cyclic N) is 1. The molecule has 3 aromatic heterocycles. The Hall–Kier alpha value is -2.47. The Labute approximate surface area is 121 Å². The lowest BCUT2D eigenvalue weighted by molar-refractivity contribution is 0.0113. The van der Waals surface area contributed by atoms with Gasteiger partial charge in [-0.3, -0.25) is 10.1 Å². The maximum absolute atomic E-state index is 10.6. The van der Waals surface area contributed by atoms with Gasteiger partial charge in [0.05, 0.1) is 13.1 Å². The van der Waals surface area contributed by atoms with E-state index in [1.165, 1.54) is 0 Å². The molecule has 0 radical (unpaired) electrons. The minimum Gasteiger partial charge on any atom is -0.386 e. The van der Waals surface area contributed by atoms with Gasteiger partial charge in [-0.05, 0) is 18.2 Å². The van der Waals surface area contributed by atoms with E-state index in [0.717, 1.165) is 22.3 Å². The van der Waals surface area contributed by atoms with Crippen LogP contribution in [0.4, 0.5) is 5.82 Å². The zero-order valence-corrected chi connectivity index (χ0v) is 11.4. The van der Waals surface area contributed by atoms with E-state index < -0.39 is 5.60 Å². The Morgan fingerprint density at radius 2 is 2.10 bits per heavy atom. The van der Waals surface area contributed by atoms with Crippen molar-refractivity contribution in [1.82, 2.24) is 20.2 Å². The summed E-state index contributed by atoms with van der Waals surface area (Å²) in [5.74, 6) is 0.907. The van der Waals surface area contributed by atoms with E-state index >= 15 is 0 Å². The van der Waals surface area contributed by atoms with Gasteiger partial charge >= 0.3 is 0 Å². The van der Waals surface area contributed by atoms with E-state index in [2.05, 4.69) is 25.1 Å². The predicted octanol–water partition coefficient (Wildman–Crippen LogP) is 1.15. The average molecular weight is 281 g/mol. The maximum Gasteiger partial charge on any atom is 0.136 e. The molecule has 1 aliphatic heterocycles. The number of H-pyrrole nitrogens is 1. The van der Waals surface area contributed by atoms with Gasteiger partial charge < -0.3 is 10.0 Å². The molecule has 4 rings (SSSR count). The smallest absolute Gasteiger partial charge is 0.136 e. The highest BCUT2D eigenvalue weighted by molar-refractivity contribution is 5.91. The van der Waals surface area contributed by atoms with Gasteiger partial charge in [-0.15, -0.1) is 0 Å². The van der Waals surface area contributed by atoms with Crippen LogP contribution < -0.4 is 4.90 Å². The maximum atomic E-state index is 10.6. The molecule has 3 aromatic rings. The van der Waals surface area contributed by atoms with Crippen LogP contribution in [0.15, 0.2) is 43.0 Å². The quantitative estimate of drug-likeness (QED) is 0.753. The topological polar surface area (TPSA) is 77.9 Å². The Kier molecular flexibility index (Phi) is 2.65. The number of aromatic nitrogens is 4. The Morgan fingerprint density at radius 1 is 1.19 bits per heavy atom. The molecule has 0 atom stereocenters. The zero-order chi connectivity index (χ0) is 14.3. The summed E-state index contributed by atoms with van der Waals surface area (Å²) >= 11 is 0. The van der Waals surface area contributed by atoms with E-state index in [0.29, 0.717) is 19.5 Å². The minimum atomic E-state index is -0.719. The second-order valence-electron chi connectivity index (χ2n) is 5.57. The van der Waals surface area contributed by atoms with Crippen LogP contribution in [-0.2, 0) is 6.42 Å². The molecule has 0 unspecified atom stereocenters.